The second-order valence-electron chi connectivity index (χ2n) is 9.53. The molecule has 3 fully saturated rings. The number of allylic oxidation sites excluding steroid dienone is 2. The fourth-order valence-corrected chi connectivity index (χ4v) is 7.27. The Balaban J connectivity index is 1.72. The van der Waals surface area contributed by atoms with Gasteiger partial charge in [0.15, 0.2) is 9.75 Å². The van der Waals surface area contributed by atoms with Gasteiger partial charge in [-0.1, -0.05) is 23.8 Å². The zero-order valence-corrected chi connectivity index (χ0v) is 20.6. The molecule has 11 heteroatoms. The summed E-state index contributed by atoms with van der Waals surface area (Å²) in [5, 5.41) is 10.1. The topological polar surface area (TPSA) is 121 Å². The van der Waals surface area contributed by atoms with Gasteiger partial charge in [-0.05, 0) is 42.9 Å². The number of amides is 5. The molecule has 2 heterocycles. The summed E-state index contributed by atoms with van der Waals surface area (Å²) in [6, 6.07) is 4.72. The van der Waals surface area contributed by atoms with E-state index < -0.39 is 63.1 Å². The number of imide groups is 4. The van der Waals surface area contributed by atoms with E-state index in [0.29, 0.717) is 21.6 Å². The first-order valence-electron chi connectivity index (χ1n) is 11.1. The molecule has 1 aromatic rings. The summed E-state index contributed by atoms with van der Waals surface area (Å²) in [6.07, 6.45) is 0.669. The van der Waals surface area contributed by atoms with Crippen LogP contribution >= 0.6 is 23.2 Å². The van der Waals surface area contributed by atoms with Gasteiger partial charge >= 0.3 is 6.09 Å². The van der Waals surface area contributed by atoms with Crippen LogP contribution in [-0.4, -0.2) is 68.5 Å². The van der Waals surface area contributed by atoms with Crippen molar-refractivity contribution in [3.63, 3.8) is 0 Å². The summed E-state index contributed by atoms with van der Waals surface area (Å²) >= 11 is 14.1. The highest BCUT2D eigenvalue weighted by Crippen LogP contribution is 2.65. The van der Waals surface area contributed by atoms with E-state index in [2.05, 4.69) is 4.74 Å². The molecule has 4 aliphatic rings. The molecule has 2 aliphatic heterocycles. The normalized spacial score (nSPS) is 36.1. The summed E-state index contributed by atoms with van der Waals surface area (Å²) in [5.41, 5.74) is 1.66. The Bertz CT molecular complexity index is 1260. The highest BCUT2D eigenvalue weighted by molar-refractivity contribution is 6.53. The second-order valence-corrected chi connectivity index (χ2v) is 10.8. The molecular weight excluding hydrogens is 499 g/mol. The van der Waals surface area contributed by atoms with Crippen LogP contribution in [0.3, 0.4) is 0 Å². The molecule has 0 spiro atoms. The van der Waals surface area contributed by atoms with Crippen LogP contribution in [0.5, 0.6) is 5.75 Å². The smallest absolute Gasteiger partial charge is 0.423 e. The van der Waals surface area contributed by atoms with Crippen molar-refractivity contribution in [2.45, 2.75) is 35.4 Å². The molecule has 1 aromatic carbocycles. The fourth-order valence-electron chi connectivity index (χ4n) is 6.25. The number of hydrogen-bond acceptors (Lipinski definition) is 7. The monoisotopic (exact) mass is 520 g/mol. The van der Waals surface area contributed by atoms with Crippen LogP contribution in [0.1, 0.15) is 29.9 Å². The van der Waals surface area contributed by atoms with Crippen LogP contribution in [0.2, 0.25) is 0 Å². The molecule has 0 aromatic heterocycles. The number of alkyl halides is 2. The average Bonchev–Trinajstić information content (AvgIpc) is 3.15. The number of rotatable bonds is 1. The van der Waals surface area contributed by atoms with Gasteiger partial charge in [0, 0.05) is 13.0 Å². The second kappa shape index (κ2) is 7.54. The Labute approximate surface area is 210 Å². The molecule has 5 amide bonds. The highest BCUT2D eigenvalue weighted by atomic mass is 35.5. The Morgan fingerprint density at radius 1 is 1.11 bits per heavy atom. The Kier molecular flexibility index (Phi) is 5.13. The van der Waals surface area contributed by atoms with Gasteiger partial charge in [0.25, 0.3) is 11.8 Å². The lowest BCUT2D eigenvalue weighted by Crippen LogP contribution is -2.60. The predicted octanol–water partition coefficient (Wildman–Crippen LogP) is 2.46. The maximum absolute atomic E-state index is 13.4. The van der Waals surface area contributed by atoms with Crippen LogP contribution < -0.4 is 0 Å². The van der Waals surface area contributed by atoms with Crippen molar-refractivity contribution in [2.24, 2.45) is 17.8 Å². The lowest BCUT2D eigenvalue weighted by molar-refractivity contribution is -0.139. The van der Waals surface area contributed by atoms with Crippen molar-refractivity contribution in [1.82, 2.24) is 9.80 Å². The minimum absolute atomic E-state index is 0.0378. The molecule has 2 aliphatic carbocycles. The number of aromatic hydroxyl groups is 1. The lowest BCUT2D eigenvalue weighted by Gasteiger charge is -2.50. The summed E-state index contributed by atoms with van der Waals surface area (Å²) in [7, 11) is 2.38. The van der Waals surface area contributed by atoms with Gasteiger partial charge in [0.2, 0.25) is 11.8 Å². The van der Waals surface area contributed by atoms with E-state index in [1.54, 1.807) is 25.1 Å². The number of benzene rings is 1. The third kappa shape index (κ3) is 2.79. The van der Waals surface area contributed by atoms with Gasteiger partial charge in [-0.15, -0.1) is 23.2 Å². The number of fused-ring (bicyclic) bond motifs is 4. The van der Waals surface area contributed by atoms with E-state index in [1.165, 1.54) is 13.1 Å². The number of carbonyl (C=O) groups excluding carboxylic acids is 5. The number of carbonyl (C=O) groups is 5. The van der Waals surface area contributed by atoms with Crippen molar-refractivity contribution in [2.75, 3.05) is 14.2 Å². The van der Waals surface area contributed by atoms with E-state index in [1.807, 2.05) is 0 Å². The van der Waals surface area contributed by atoms with Gasteiger partial charge in [-0.25, -0.2) is 4.79 Å². The number of ether oxygens (including phenoxy) is 1. The summed E-state index contributed by atoms with van der Waals surface area (Å²) in [6.45, 7) is 1.68. The number of halogens is 2. The maximum atomic E-state index is 13.4. The zero-order chi connectivity index (χ0) is 25.6. The number of phenols is 1. The van der Waals surface area contributed by atoms with Gasteiger partial charge in [-0.3, -0.25) is 24.1 Å². The fraction of sp³-hybridized carbons (Fsp3) is 0.458. The van der Waals surface area contributed by atoms with Gasteiger partial charge in [0.1, 0.15) is 5.75 Å². The first kappa shape index (κ1) is 23.8. The molecule has 5 rings (SSSR count). The minimum atomic E-state index is -1.90. The summed E-state index contributed by atoms with van der Waals surface area (Å²) < 4.78 is 4.63. The number of phenolic OH excluding ortho intramolecular Hbond substituents is 1. The quantitative estimate of drug-likeness (QED) is 0.342. The van der Waals surface area contributed by atoms with Crippen molar-refractivity contribution in [1.29, 1.82) is 0 Å². The lowest BCUT2D eigenvalue weighted by atomic mass is 9.56. The number of nitrogens with zero attached hydrogens (tertiary/aromatic N) is 2. The van der Waals surface area contributed by atoms with Crippen LogP contribution in [-0.2, 0) is 23.9 Å². The van der Waals surface area contributed by atoms with Gasteiger partial charge in [0.05, 0.1) is 18.9 Å². The van der Waals surface area contributed by atoms with Crippen molar-refractivity contribution in [3.8, 4) is 5.75 Å². The summed E-state index contributed by atoms with van der Waals surface area (Å²) in [5.74, 6) is -6.16. The molecule has 1 saturated carbocycles. The third-order valence-electron chi connectivity index (χ3n) is 7.93. The van der Waals surface area contributed by atoms with Crippen LogP contribution in [0.25, 0.3) is 0 Å². The minimum Gasteiger partial charge on any atom is -0.508 e. The SMILES string of the molecule is COC(=O)N1C(=O)[C@H]2[C@H](CC=C3[C@H]2C[C@@]2(Cl)C(=O)N(C)C(=O)[C@@]2(Cl)[C@H]3c2ccc(O)c(C)c2)C1=O. The van der Waals surface area contributed by atoms with Gasteiger partial charge < -0.3 is 9.84 Å². The number of methoxy groups -OCH3 is 1. The number of hydrogen-bond donors (Lipinski definition) is 1. The molecule has 0 radical (unpaired) electrons. The van der Waals surface area contributed by atoms with E-state index >= 15 is 0 Å². The number of aryl methyl sites for hydroxylation is 1. The van der Waals surface area contributed by atoms with E-state index in [9.17, 15) is 29.1 Å². The van der Waals surface area contributed by atoms with Crippen molar-refractivity contribution in [3.05, 3.63) is 41.0 Å². The predicted molar refractivity (Wildman–Crippen MR) is 123 cm³/mol. The first-order chi connectivity index (χ1) is 16.4. The van der Waals surface area contributed by atoms with E-state index in [0.717, 1.165) is 12.0 Å². The summed E-state index contributed by atoms with van der Waals surface area (Å²) in [4.78, 5) is 62.8. The molecule has 0 unspecified atom stereocenters. The van der Waals surface area contributed by atoms with Crippen molar-refractivity contribution < 1.29 is 33.8 Å². The third-order valence-corrected chi connectivity index (χ3v) is 9.34. The Hall–Kier alpha value is -2.91. The molecule has 6 atom stereocenters. The highest BCUT2D eigenvalue weighted by Gasteiger charge is 2.76. The molecular formula is C24H22Cl2N2O7. The Morgan fingerprint density at radius 3 is 2.43 bits per heavy atom. The number of likely N-dealkylation sites (tertiary alicyclic amines) is 2. The van der Waals surface area contributed by atoms with Gasteiger partial charge in [-0.2, -0.15) is 4.90 Å². The van der Waals surface area contributed by atoms with E-state index in [4.69, 9.17) is 23.2 Å². The molecule has 2 saturated heterocycles. The van der Waals surface area contributed by atoms with Crippen LogP contribution in [0, 0.1) is 24.7 Å². The molecule has 0 bridgehead atoms. The van der Waals surface area contributed by atoms with Crippen LogP contribution in [0.15, 0.2) is 29.8 Å². The van der Waals surface area contributed by atoms with Crippen molar-refractivity contribution >= 4 is 52.9 Å². The molecule has 184 valence electrons. The molecule has 35 heavy (non-hydrogen) atoms. The Morgan fingerprint density at radius 2 is 1.80 bits per heavy atom. The maximum Gasteiger partial charge on any atom is 0.423 e. The first-order valence-corrected chi connectivity index (χ1v) is 11.8. The van der Waals surface area contributed by atoms with Crippen LogP contribution in [0.4, 0.5) is 4.79 Å². The zero-order valence-electron chi connectivity index (χ0n) is 19.1. The van der Waals surface area contributed by atoms with E-state index in [-0.39, 0.29) is 18.6 Å². The largest absolute Gasteiger partial charge is 0.508 e. The standard InChI is InChI=1S/C24H22Cl2N2O7/c1-10-8-11(4-7-15(10)29)17-12-5-6-13-16(19(31)28(18(13)30)22(34)35-3)14(12)9-23(25)20(32)27(2)21(33)24(17,23)26/h4-5,7-8,13-14,16-17,29H,6,9H2,1-3H3/t13-,14+,16-,17-,23+,24-/m0/s1. The molecule has 1 N–H and O–H groups in total. The molecule has 9 nitrogen and oxygen atoms in total. The average molecular weight is 521 g/mol.